The van der Waals surface area contributed by atoms with E-state index in [1.165, 1.54) is 18.2 Å². The molecule has 0 radical (unpaired) electrons. The van der Waals surface area contributed by atoms with Crippen LogP contribution in [0.4, 0.5) is 0 Å². The molecule has 1 aromatic carbocycles. The molecule has 10 heteroatoms. The van der Waals surface area contributed by atoms with Crippen molar-refractivity contribution >= 4 is 11.0 Å². The molecule has 2 aromatic rings. The maximum absolute atomic E-state index is 12.1. The van der Waals surface area contributed by atoms with Gasteiger partial charge in [-0.05, 0) is 37.8 Å². The lowest BCUT2D eigenvalue weighted by atomic mass is 9.98. The molecular weight excluding hydrogens is 412 g/mol. The number of aliphatic hydroxyl groups is 4. The zero-order valence-corrected chi connectivity index (χ0v) is 16.7. The number of hydrogen-bond acceptors (Lipinski definition) is 10. The molecule has 170 valence electrons. The monoisotopic (exact) mass is 438 g/mol. The summed E-state index contributed by atoms with van der Waals surface area (Å²) in [5.41, 5.74) is -0.862. The average Bonchev–Trinajstić information content (AvgIpc) is 2.78. The summed E-state index contributed by atoms with van der Waals surface area (Å²) in [6.45, 7) is -0.585. The van der Waals surface area contributed by atoms with Crippen molar-refractivity contribution in [3.05, 3.63) is 28.6 Å². The topological polar surface area (TPSA) is 159 Å². The van der Waals surface area contributed by atoms with Crippen LogP contribution < -0.4 is 15.1 Å². The average molecular weight is 438 g/mol. The highest BCUT2D eigenvalue weighted by molar-refractivity contribution is 5.86. The molecule has 1 aromatic heterocycles. The Balaban J connectivity index is 1.61. The molecule has 0 amide bonds. The number of ether oxygens (including phenoxy) is 3. The van der Waals surface area contributed by atoms with Crippen LogP contribution in [0.5, 0.6) is 17.2 Å². The van der Waals surface area contributed by atoms with E-state index in [0.717, 1.165) is 32.1 Å². The Labute approximate surface area is 177 Å². The number of benzene rings is 1. The molecule has 10 nitrogen and oxygen atoms in total. The Kier molecular flexibility index (Phi) is 6.35. The van der Waals surface area contributed by atoms with E-state index < -0.39 is 48.7 Å². The van der Waals surface area contributed by atoms with E-state index in [2.05, 4.69) is 0 Å². The fraction of sp³-hybridized carbons (Fsp3) is 0.571. The quantitative estimate of drug-likeness (QED) is 0.413. The van der Waals surface area contributed by atoms with Crippen LogP contribution in [0.2, 0.25) is 0 Å². The van der Waals surface area contributed by atoms with Crippen molar-refractivity contribution in [2.75, 3.05) is 6.61 Å². The Morgan fingerprint density at radius 3 is 2.45 bits per heavy atom. The highest BCUT2D eigenvalue weighted by atomic mass is 16.7. The van der Waals surface area contributed by atoms with Crippen molar-refractivity contribution in [2.24, 2.45) is 0 Å². The highest BCUT2D eigenvalue weighted by Gasteiger charge is 2.44. The van der Waals surface area contributed by atoms with Gasteiger partial charge >= 0.3 is 5.63 Å². The smallest absolute Gasteiger partial charge is 0.382 e. The number of fused-ring (bicyclic) bond motifs is 1. The molecule has 2 heterocycles. The van der Waals surface area contributed by atoms with Gasteiger partial charge in [0.05, 0.1) is 18.1 Å². The minimum Gasteiger partial charge on any atom is -0.499 e. The van der Waals surface area contributed by atoms with Gasteiger partial charge in [0.1, 0.15) is 35.7 Å². The zero-order valence-electron chi connectivity index (χ0n) is 16.7. The number of rotatable bonds is 5. The highest BCUT2D eigenvalue weighted by Crippen LogP contribution is 2.36. The molecular formula is C21H26O10. The van der Waals surface area contributed by atoms with Crippen LogP contribution in [0.25, 0.3) is 11.0 Å². The molecule has 0 spiro atoms. The molecule has 2 aliphatic rings. The van der Waals surface area contributed by atoms with Crippen LogP contribution in [0, 0.1) is 0 Å². The van der Waals surface area contributed by atoms with Crippen molar-refractivity contribution in [3.63, 3.8) is 0 Å². The van der Waals surface area contributed by atoms with Gasteiger partial charge in [0.25, 0.3) is 0 Å². The minimum absolute atomic E-state index is 0.0533. The van der Waals surface area contributed by atoms with Crippen LogP contribution >= 0.6 is 0 Å². The summed E-state index contributed by atoms with van der Waals surface area (Å²) >= 11 is 0. The van der Waals surface area contributed by atoms with E-state index in [4.69, 9.17) is 18.6 Å². The maximum atomic E-state index is 12.1. The lowest BCUT2D eigenvalue weighted by molar-refractivity contribution is -0.277. The van der Waals surface area contributed by atoms with Crippen LogP contribution in [-0.2, 0) is 4.74 Å². The Bertz CT molecular complexity index is 965. The van der Waals surface area contributed by atoms with Crippen LogP contribution in [0.1, 0.15) is 32.1 Å². The van der Waals surface area contributed by atoms with Crippen LogP contribution in [0.3, 0.4) is 0 Å². The molecule has 0 bridgehead atoms. The SMILES string of the molecule is O=c1oc2cc(O[C@H]3O[C@H](CO)[C@@H](O)[C@H](O)[C@@H]3O)ccc2c(OC2CCCCC2)c1O. The van der Waals surface area contributed by atoms with E-state index in [-0.39, 0.29) is 23.2 Å². The third-order valence-electron chi connectivity index (χ3n) is 5.75. The molecule has 4 rings (SSSR count). The molecule has 1 saturated carbocycles. The molecule has 1 aliphatic heterocycles. The molecule has 0 unspecified atom stereocenters. The minimum atomic E-state index is -1.58. The molecule has 5 atom stereocenters. The first-order valence-electron chi connectivity index (χ1n) is 10.3. The van der Waals surface area contributed by atoms with E-state index in [0.29, 0.717) is 5.39 Å². The first kappa shape index (κ1) is 21.8. The third kappa shape index (κ3) is 4.35. The molecule has 1 aliphatic carbocycles. The molecule has 31 heavy (non-hydrogen) atoms. The number of aromatic hydroxyl groups is 1. The largest absolute Gasteiger partial charge is 0.499 e. The van der Waals surface area contributed by atoms with Crippen molar-refractivity contribution in [3.8, 4) is 17.2 Å². The summed E-state index contributed by atoms with van der Waals surface area (Å²) in [6.07, 6.45) is -2.44. The normalized spacial score (nSPS) is 29.7. The van der Waals surface area contributed by atoms with Gasteiger partial charge in [-0.3, -0.25) is 0 Å². The standard InChI is InChI=1S/C21H26O10/c22-9-14-15(23)16(24)17(25)21(31-14)29-11-6-7-12-13(8-11)30-20(27)18(26)19(12)28-10-4-2-1-3-5-10/h6-8,10,14-17,21-26H,1-5,9H2/t14-,15-,16+,17+,21+/m1/s1. The zero-order chi connectivity index (χ0) is 22.1. The van der Waals surface area contributed by atoms with Gasteiger partial charge in [0.15, 0.2) is 5.75 Å². The van der Waals surface area contributed by atoms with Gasteiger partial charge in [-0.2, -0.15) is 0 Å². The van der Waals surface area contributed by atoms with E-state index in [1.54, 1.807) is 0 Å². The van der Waals surface area contributed by atoms with Crippen LogP contribution in [-0.4, -0.2) is 68.9 Å². The third-order valence-corrected chi connectivity index (χ3v) is 5.75. The first-order chi connectivity index (χ1) is 14.9. The van der Waals surface area contributed by atoms with Crippen molar-refractivity contribution in [2.45, 2.75) is 68.9 Å². The van der Waals surface area contributed by atoms with Crippen molar-refractivity contribution in [1.82, 2.24) is 0 Å². The Morgan fingerprint density at radius 1 is 1.00 bits per heavy atom. The summed E-state index contributed by atoms with van der Waals surface area (Å²) in [6, 6.07) is 4.40. The Morgan fingerprint density at radius 2 is 1.74 bits per heavy atom. The van der Waals surface area contributed by atoms with E-state index in [1.807, 2.05) is 0 Å². The second-order valence-corrected chi connectivity index (χ2v) is 7.92. The fourth-order valence-electron chi connectivity index (χ4n) is 3.98. The van der Waals surface area contributed by atoms with Gasteiger partial charge in [-0.15, -0.1) is 0 Å². The number of hydrogen-bond donors (Lipinski definition) is 5. The fourth-order valence-corrected chi connectivity index (χ4v) is 3.98. The molecule has 5 N–H and O–H groups in total. The second-order valence-electron chi connectivity index (χ2n) is 7.92. The van der Waals surface area contributed by atoms with Crippen molar-refractivity contribution < 1.29 is 44.2 Å². The summed E-state index contributed by atoms with van der Waals surface area (Å²) in [5.74, 6) is -0.410. The Hall–Kier alpha value is -2.37. The van der Waals surface area contributed by atoms with Crippen molar-refractivity contribution in [1.29, 1.82) is 0 Å². The van der Waals surface area contributed by atoms with Gasteiger partial charge in [-0.25, -0.2) is 4.79 Å². The van der Waals surface area contributed by atoms with Gasteiger partial charge in [-0.1, -0.05) is 6.42 Å². The van der Waals surface area contributed by atoms with Gasteiger partial charge in [0, 0.05) is 6.07 Å². The molecule has 2 fully saturated rings. The molecule has 1 saturated heterocycles. The lowest BCUT2D eigenvalue weighted by Crippen LogP contribution is -2.60. The van der Waals surface area contributed by atoms with E-state index >= 15 is 0 Å². The summed E-state index contributed by atoms with van der Waals surface area (Å²) in [7, 11) is 0. The summed E-state index contributed by atoms with van der Waals surface area (Å²) in [4.78, 5) is 12.1. The first-order valence-corrected chi connectivity index (χ1v) is 10.3. The predicted octanol–water partition coefficient (Wildman–Crippen LogP) is 0.389. The summed E-state index contributed by atoms with van der Waals surface area (Å²) < 4.78 is 22.0. The summed E-state index contributed by atoms with van der Waals surface area (Å²) in [5, 5.41) is 49.8. The van der Waals surface area contributed by atoms with Gasteiger partial charge in [0.2, 0.25) is 12.0 Å². The second kappa shape index (κ2) is 9.01. The maximum Gasteiger partial charge on any atom is 0.382 e. The predicted molar refractivity (Wildman–Crippen MR) is 106 cm³/mol. The van der Waals surface area contributed by atoms with Crippen LogP contribution in [0.15, 0.2) is 27.4 Å². The number of aliphatic hydroxyl groups excluding tert-OH is 4. The van der Waals surface area contributed by atoms with Gasteiger partial charge < -0.3 is 44.2 Å². The lowest BCUT2D eigenvalue weighted by Gasteiger charge is -2.39. The van der Waals surface area contributed by atoms with E-state index in [9.17, 15) is 30.3 Å².